The van der Waals surface area contributed by atoms with Crippen LogP contribution >= 0.6 is 11.6 Å². The van der Waals surface area contributed by atoms with Crippen molar-refractivity contribution in [2.24, 2.45) is 0 Å². The number of rotatable bonds is 7. The highest BCUT2D eigenvalue weighted by molar-refractivity contribution is 6.30. The molecule has 0 saturated heterocycles. The summed E-state index contributed by atoms with van der Waals surface area (Å²) < 4.78 is 1.96. The first kappa shape index (κ1) is 18.1. The molecule has 0 spiro atoms. The number of aryl methyl sites for hydroxylation is 1. The Morgan fingerprint density at radius 3 is 2.58 bits per heavy atom. The molecule has 0 aliphatic rings. The fourth-order valence-electron chi connectivity index (χ4n) is 2.87. The molecule has 0 radical (unpaired) electrons. The van der Waals surface area contributed by atoms with Gasteiger partial charge in [0.1, 0.15) is 5.82 Å². The van der Waals surface area contributed by atoms with Crippen LogP contribution in [0.25, 0.3) is 11.0 Å². The van der Waals surface area contributed by atoms with Gasteiger partial charge >= 0.3 is 0 Å². The predicted octanol–water partition coefficient (Wildman–Crippen LogP) is 3.64. The van der Waals surface area contributed by atoms with Gasteiger partial charge in [0.15, 0.2) is 5.78 Å². The number of halogens is 1. The molecule has 0 aliphatic heterocycles. The summed E-state index contributed by atoms with van der Waals surface area (Å²) in [6, 6.07) is 14.7. The lowest BCUT2D eigenvalue weighted by atomic mass is 10.1. The van der Waals surface area contributed by atoms with E-state index in [-0.39, 0.29) is 18.2 Å². The number of hydrogen-bond acceptors (Lipinski definition) is 3. The minimum atomic E-state index is -0.0450. The lowest BCUT2D eigenvalue weighted by Gasteiger charge is -2.09. The van der Waals surface area contributed by atoms with Crippen LogP contribution in [-0.2, 0) is 17.8 Å². The average Bonchev–Trinajstić information content (AvgIpc) is 2.97. The van der Waals surface area contributed by atoms with Crippen molar-refractivity contribution in [2.75, 3.05) is 6.54 Å². The zero-order valence-electron chi connectivity index (χ0n) is 14.5. The normalized spacial score (nSPS) is 10.8. The van der Waals surface area contributed by atoms with E-state index in [1.165, 1.54) is 6.92 Å². The number of ketones is 1. The average molecular weight is 370 g/mol. The third-order valence-electron chi connectivity index (χ3n) is 4.15. The van der Waals surface area contributed by atoms with Crippen molar-refractivity contribution in [3.05, 3.63) is 64.9 Å². The van der Waals surface area contributed by atoms with Gasteiger partial charge < -0.3 is 9.88 Å². The first-order chi connectivity index (χ1) is 12.5. The highest BCUT2D eigenvalue weighted by atomic mass is 35.5. The van der Waals surface area contributed by atoms with E-state index in [9.17, 15) is 9.59 Å². The number of imidazole rings is 1. The smallest absolute Gasteiger partial charge is 0.216 e. The van der Waals surface area contributed by atoms with E-state index in [2.05, 4.69) is 10.3 Å². The standard InChI is InChI=1S/C20H20ClN3O2/c1-14(25)22-12-4-7-20-23-17-5-2-3-6-18(17)24(20)13-19(26)15-8-10-16(21)11-9-15/h2-3,5-6,8-11H,4,7,12-13H2,1H3,(H,22,25). The third-order valence-corrected chi connectivity index (χ3v) is 4.40. The van der Waals surface area contributed by atoms with E-state index in [4.69, 9.17) is 11.6 Å². The van der Waals surface area contributed by atoms with Crippen LogP contribution in [0.15, 0.2) is 48.5 Å². The van der Waals surface area contributed by atoms with Gasteiger partial charge in [-0.2, -0.15) is 0 Å². The Labute approximate surface area is 157 Å². The third kappa shape index (κ3) is 4.29. The van der Waals surface area contributed by atoms with Crippen molar-refractivity contribution in [2.45, 2.75) is 26.3 Å². The Hall–Kier alpha value is -2.66. The zero-order valence-corrected chi connectivity index (χ0v) is 15.3. The molecule has 1 aromatic heterocycles. The molecule has 2 aromatic carbocycles. The second-order valence-electron chi connectivity index (χ2n) is 6.12. The molecular weight excluding hydrogens is 350 g/mol. The minimum Gasteiger partial charge on any atom is -0.356 e. The molecule has 0 bridgehead atoms. The fraction of sp³-hybridized carbons (Fsp3) is 0.250. The topological polar surface area (TPSA) is 64.0 Å². The number of carbonyl (C=O) groups is 2. The first-order valence-corrected chi connectivity index (χ1v) is 8.90. The van der Waals surface area contributed by atoms with E-state index in [1.54, 1.807) is 24.3 Å². The molecule has 3 aromatic rings. The first-order valence-electron chi connectivity index (χ1n) is 8.52. The van der Waals surface area contributed by atoms with Gasteiger partial charge in [-0.1, -0.05) is 23.7 Å². The van der Waals surface area contributed by atoms with Gasteiger partial charge in [-0.15, -0.1) is 0 Å². The predicted molar refractivity (Wildman–Crippen MR) is 103 cm³/mol. The van der Waals surface area contributed by atoms with Crippen LogP contribution in [0.1, 0.15) is 29.5 Å². The number of amides is 1. The van der Waals surface area contributed by atoms with Crippen LogP contribution in [0.5, 0.6) is 0 Å². The van der Waals surface area contributed by atoms with E-state index in [0.29, 0.717) is 23.6 Å². The summed E-state index contributed by atoms with van der Waals surface area (Å²) in [5.41, 5.74) is 2.42. The molecule has 26 heavy (non-hydrogen) atoms. The monoisotopic (exact) mass is 369 g/mol. The molecule has 0 fully saturated rings. The number of para-hydroxylation sites is 2. The van der Waals surface area contributed by atoms with Gasteiger partial charge in [-0.3, -0.25) is 9.59 Å². The number of nitrogens with one attached hydrogen (secondary N) is 1. The zero-order chi connectivity index (χ0) is 18.5. The molecule has 6 heteroatoms. The van der Waals surface area contributed by atoms with Crippen molar-refractivity contribution in [3.63, 3.8) is 0 Å². The highest BCUT2D eigenvalue weighted by Gasteiger charge is 2.14. The van der Waals surface area contributed by atoms with Crippen LogP contribution in [0, 0.1) is 0 Å². The van der Waals surface area contributed by atoms with Gasteiger partial charge in [0.05, 0.1) is 17.6 Å². The molecule has 0 atom stereocenters. The summed E-state index contributed by atoms with van der Waals surface area (Å²) in [4.78, 5) is 28.4. The van der Waals surface area contributed by atoms with Crippen LogP contribution in [0.2, 0.25) is 5.02 Å². The summed E-state index contributed by atoms with van der Waals surface area (Å²) in [5.74, 6) is 0.809. The van der Waals surface area contributed by atoms with Crippen LogP contribution in [0.3, 0.4) is 0 Å². The Kier molecular flexibility index (Phi) is 5.68. The lowest BCUT2D eigenvalue weighted by Crippen LogP contribution is -2.22. The number of aromatic nitrogens is 2. The largest absolute Gasteiger partial charge is 0.356 e. The maximum Gasteiger partial charge on any atom is 0.216 e. The molecule has 0 saturated carbocycles. The summed E-state index contributed by atoms with van der Waals surface area (Å²) in [6.45, 7) is 2.31. The quantitative estimate of drug-likeness (QED) is 0.510. The number of nitrogens with zero attached hydrogens (tertiary/aromatic N) is 2. The Morgan fingerprint density at radius 2 is 1.85 bits per heavy atom. The van der Waals surface area contributed by atoms with Crippen molar-refractivity contribution in [3.8, 4) is 0 Å². The Morgan fingerprint density at radius 1 is 1.12 bits per heavy atom. The maximum atomic E-state index is 12.7. The molecular formula is C20H20ClN3O2. The van der Waals surface area contributed by atoms with Gasteiger partial charge in [0, 0.05) is 30.5 Å². The number of Topliss-reactive ketones (excluding diaryl/α,β-unsaturated/α-hetero) is 1. The van der Waals surface area contributed by atoms with E-state index in [1.807, 2.05) is 28.8 Å². The van der Waals surface area contributed by atoms with Crippen LogP contribution in [-0.4, -0.2) is 27.8 Å². The molecule has 1 amide bonds. The molecule has 134 valence electrons. The van der Waals surface area contributed by atoms with Gasteiger partial charge in [0.2, 0.25) is 5.91 Å². The van der Waals surface area contributed by atoms with Crippen LogP contribution in [0.4, 0.5) is 0 Å². The number of hydrogen-bond donors (Lipinski definition) is 1. The van der Waals surface area contributed by atoms with Gasteiger partial charge in [0.25, 0.3) is 0 Å². The lowest BCUT2D eigenvalue weighted by molar-refractivity contribution is -0.118. The van der Waals surface area contributed by atoms with Crippen molar-refractivity contribution in [1.29, 1.82) is 0 Å². The summed E-state index contributed by atoms with van der Waals surface area (Å²) in [7, 11) is 0. The maximum absolute atomic E-state index is 12.7. The number of fused-ring (bicyclic) bond motifs is 1. The number of carbonyl (C=O) groups excluding carboxylic acids is 2. The summed E-state index contributed by atoms with van der Waals surface area (Å²) in [6.07, 6.45) is 1.45. The Balaban J connectivity index is 1.82. The fourth-order valence-corrected chi connectivity index (χ4v) is 3.00. The highest BCUT2D eigenvalue weighted by Crippen LogP contribution is 2.19. The molecule has 5 nitrogen and oxygen atoms in total. The molecule has 3 rings (SSSR count). The van der Waals surface area contributed by atoms with E-state index < -0.39 is 0 Å². The Bertz CT molecular complexity index is 932. The van der Waals surface area contributed by atoms with Crippen molar-refractivity contribution in [1.82, 2.24) is 14.9 Å². The second kappa shape index (κ2) is 8.15. The molecule has 0 unspecified atom stereocenters. The summed E-state index contributed by atoms with van der Waals surface area (Å²) >= 11 is 5.90. The SMILES string of the molecule is CC(=O)NCCCc1nc2ccccc2n1CC(=O)c1ccc(Cl)cc1. The minimum absolute atomic E-state index is 0.00734. The van der Waals surface area contributed by atoms with Crippen molar-refractivity contribution >= 4 is 34.3 Å². The summed E-state index contributed by atoms with van der Waals surface area (Å²) in [5, 5.41) is 3.39. The second-order valence-corrected chi connectivity index (χ2v) is 6.56. The van der Waals surface area contributed by atoms with E-state index in [0.717, 1.165) is 23.3 Å². The van der Waals surface area contributed by atoms with E-state index >= 15 is 0 Å². The molecule has 0 aliphatic carbocycles. The van der Waals surface area contributed by atoms with Gasteiger partial charge in [-0.25, -0.2) is 4.98 Å². The van der Waals surface area contributed by atoms with Crippen molar-refractivity contribution < 1.29 is 9.59 Å². The molecule has 1 heterocycles. The number of benzene rings is 2. The molecule has 1 N–H and O–H groups in total. The van der Waals surface area contributed by atoms with Gasteiger partial charge in [-0.05, 0) is 42.8 Å². The van der Waals surface area contributed by atoms with Crippen LogP contribution < -0.4 is 5.32 Å².